The number of ether oxygens (including phenoxy) is 2. The monoisotopic (exact) mass is 369 g/mol. The Labute approximate surface area is 156 Å². The molecule has 7 heteroatoms. The van der Waals surface area contributed by atoms with Crippen LogP contribution >= 0.6 is 0 Å². The first-order valence-corrected chi connectivity index (χ1v) is 8.16. The lowest BCUT2D eigenvalue weighted by molar-refractivity contribution is -0.149. The fraction of sp³-hybridized carbons (Fsp3) is 0.200. The van der Waals surface area contributed by atoms with E-state index in [1.54, 1.807) is 48.5 Å². The summed E-state index contributed by atoms with van der Waals surface area (Å²) >= 11 is 0. The van der Waals surface area contributed by atoms with Gasteiger partial charge in [0.05, 0.1) is 5.69 Å². The molecule has 1 N–H and O–H groups in total. The van der Waals surface area contributed by atoms with Gasteiger partial charge in [0.2, 0.25) is 0 Å². The van der Waals surface area contributed by atoms with Gasteiger partial charge in [0.25, 0.3) is 5.91 Å². The molecule has 2 aromatic rings. The Bertz CT molecular complexity index is 857. The van der Waals surface area contributed by atoms with Crippen molar-refractivity contribution in [1.29, 1.82) is 0 Å². The molecule has 0 fully saturated rings. The van der Waals surface area contributed by atoms with E-state index >= 15 is 0 Å². The Kier molecular flexibility index (Phi) is 6.82. The zero-order valence-corrected chi connectivity index (χ0v) is 15.0. The molecule has 2 aromatic carbocycles. The quantitative estimate of drug-likeness (QED) is 0.567. The number of carbonyl (C=O) groups is 4. The van der Waals surface area contributed by atoms with Gasteiger partial charge in [-0.05, 0) is 50.2 Å². The maximum Gasteiger partial charge on any atom is 0.344 e. The maximum atomic E-state index is 11.9. The van der Waals surface area contributed by atoms with Crippen molar-refractivity contribution in [2.75, 3.05) is 18.5 Å². The first-order valence-electron chi connectivity index (χ1n) is 8.16. The van der Waals surface area contributed by atoms with E-state index < -0.39 is 18.5 Å². The number of para-hydroxylation sites is 1. The number of ketones is 2. The van der Waals surface area contributed by atoms with E-state index in [-0.39, 0.29) is 18.2 Å². The number of anilines is 1. The highest BCUT2D eigenvalue weighted by atomic mass is 16.6. The van der Waals surface area contributed by atoms with Crippen LogP contribution in [-0.2, 0) is 14.3 Å². The highest BCUT2D eigenvalue weighted by molar-refractivity contribution is 6.04. The van der Waals surface area contributed by atoms with Gasteiger partial charge >= 0.3 is 5.97 Å². The van der Waals surface area contributed by atoms with Gasteiger partial charge in [0.15, 0.2) is 24.8 Å². The molecule has 1 amide bonds. The molecule has 140 valence electrons. The average molecular weight is 369 g/mol. The minimum absolute atomic E-state index is 0.0710. The Morgan fingerprint density at radius 1 is 0.852 bits per heavy atom. The van der Waals surface area contributed by atoms with Crippen LogP contribution in [0.15, 0.2) is 48.5 Å². The van der Waals surface area contributed by atoms with E-state index in [0.29, 0.717) is 22.6 Å². The molecule has 27 heavy (non-hydrogen) atoms. The number of Topliss-reactive ketones (excluding diaryl/α,β-unsaturated/α-hetero) is 2. The molecule has 0 unspecified atom stereocenters. The Morgan fingerprint density at radius 2 is 1.52 bits per heavy atom. The minimum Gasteiger partial charge on any atom is -0.482 e. The summed E-state index contributed by atoms with van der Waals surface area (Å²) in [4.78, 5) is 46.3. The molecule has 0 aromatic heterocycles. The Hall–Kier alpha value is -3.48. The number of carbonyl (C=O) groups excluding carboxylic acids is 4. The summed E-state index contributed by atoms with van der Waals surface area (Å²) in [5.41, 5.74) is 1.26. The first kappa shape index (κ1) is 19.8. The summed E-state index contributed by atoms with van der Waals surface area (Å²) in [6.07, 6.45) is 0. The van der Waals surface area contributed by atoms with Crippen LogP contribution in [0.5, 0.6) is 5.75 Å². The molecule has 0 spiro atoms. The van der Waals surface area contributed by atoms with Crippen LogP contribution in [0.4, 0.5) is 5.69 Å². The predicted octanol–water partition coefficient (Wildman–Crippen LogP) is 2.65. The zero-order valence-electron chi connectivity index (χ0n) is 15.0. The number of nitrogens with one attached hydrogen (secondary N) is 1. The van der Waals surface area contributed by atoms with Gasteiger partial charge in [-0.25, -0.2) is 4.79 Å². The largest absolute Gasteiger partial charge is 0.482 e. The lowest BCUT2D eigenvalue weighted by Crippen LogP contribution is -2.24. The molecule has 0 atom stereocenters. The fourth-order valence-corrected chi connectivity index (χ4v) is 2.20. The fourth-order valence-electron chi connectivity index (χ4n) is 2.20. The van der Waals surface area contributed by atoms with E-state index in [9.17, 15) is 19.2 Å². The molecule has 0 heterocycles. The Morgan fingerprint density at radius 3 is 2.15 bits per heavy atom. The van der Waals surface area contributed by atoms with E-state index in [1.807, 2.05) is 0 Å². The Balaban J connectivity index is 1.79. The number of amides is 1. The van der Waals surface area contributed by atoms with Crippen LogP contribution in [0.2, 0.25) is 0 Å². The van der Waals surface area contributed by atoms with Crippen molar-refractivity contribution in [3.8, 4) is 5.75 Å². The molecular weight excluding hydrogens is 350 g/mol. The molecule has 0 saturated heterocycles. The van der Waals surface area contributed by atoms with Crippen LogP contribution in [0.3, 0.4) is 0 Å². The second-order valence-electron chi connectivity index (χ2n) is 5.68. The standard InChI is InChI=1S/C20H19NO6/c1-13(22)15-7-9-16(10-8-15)26-12-20(25)27-11-19(24)21-18-6-4-3-5-17(18)14(2)23/h3-10H,11-12H2,1-2H3,(H,21,24). The van der Waals surface area contributed by atoms with E-state index in [0.717, 1.165) is 0 Å². The van der Waals surface area contributed by atoms with Crippen molar-refractivity contribution in [2.24, 2.45) is 0 Å². The van der Waals surface area contributed by atoms with Gasteiger partial charge < -0.3 is 14.8 Å². The first-order chi connectivity index (χ1) is 12.9. The van der Waals surface area contributed by atoms with Gasteiger partial charge in [-0.1, -0.05) is 12.1 Å². The maximum absolute atomic E-state index is 11.9. The molecule has 7 nitrogen and oxygen atoms in total. The number of esters is 1. The molecule has 0 aliphatic heterocycles. The van der Waals surface area contributed by atoms with Crippen molar-refractivity contribution < 1.29 is 28.7 Å². The highest BCUT2D eigenvalue weighted by Gasteiger charge is 2.12. The van der Waals surface area contributed by atoms with Crippen molar-refractivity contribution in [3.05, 3.63) is 59.7 Å². The summed E-state index contributed by atoms with van der Waals surface area (Å²) in [7, 11) is 0. The van der Waals surface area contributed by atoms with Gasteiger partial charge in [-0.2, -0.15) is 0 Å². The van der Waals surface area contributed by atoms with Gasteiger partial charge in [0.1, 0.15) is 5.75 Å². The van der Waals surface area contributed by atoms with Gasteiger partial charge in [-0.15, -0.1) is 0 Å². The van der Waals surface area contributed by atoms with Crippen molar-refractivity contribution in [1.82, 2.24) is 0 Å². The molecule has 2 rings (SSSR count). The van der Waals surface area contributed by atoms with Gasteiger partial charge in [-0.3, -0.25) is 14.4 Å². The molecule has 0 aliphatic carbocycles. The smallest absolute Gasteiger partial charge is 0.344 e. The second kappa shape index (κ2) is 9.28. The van der Waals surface area contributed by atoms with E-state index in [2.05, 4.69) is 5.32 Å². The van der Waals surface area contributed by atoms with E-state index in [4.69, 9.17) is 9.47 Å². The number of benzene rings is 2. The number of hydrogen-bond donors (Lipinski definition) is 1. The third kappa shape index (κ3) is 6.07. The van der Waals surface area contributed by atoms with Crippen LogP contribution in [0.25, 0.3) is 0 Å². The molecule has 0 saturated carbocycles. The van der Waals surface area contributed by atoms with E-state index in [1.165, 1.54) is 13.8 Å². The molecule has 0 bridgehead atoms. The molecule has 0 aliphatic rings. The summed E-state index contributed by atoms with van der Waals surface area (Å²) in [5, 5.41) is 2.53. The third-order valence-electron chi connectivity index (χ3n) is 3.56. The summed E-state index contributed by atoms with van der Waals surface area (Å²) in [5.74, 6) is -1.15. The van der Waals surface area contributed by atoms with Crippen LogP contribution in [0.1, 0.15) is 34.6 Å². The summed E-state index contributed by atoms with van der Waals surface area (Å²) in [6.45, 7) is 1.97. The predicted molar refractivity (Wildman–Crippen MR) is 98.0 cm³/mol. The average Bonchev–Trinajstić information content (AvgIpc) is 2.65. The normalized spacial score (nSPS) is 10.0. The lowest BCUT2D eigenvalue weighted by atomic mass is 10.1. The highest BCUT2D eigenvalue weighted by Crippen LogP contribution is 2.15. The topological polar surface area (TPSA) is 98.8 Å². The zero-order chi connectivity index (χ0) is 19.8. The van der Waals surface area contributed by atoms with Crippen molar-refractivity contribution in [2.45, 2.75) is 13.8 Å². The summed E-state index contributed by atoms with van der Waals surface area (Å²) in [6, 6.07) is 12.8. The minimum atomic E-state index is -0.722. The SMILES string of the molecule is CC(=O)c1ccc(OCC(=O)OCC(=O)Nc2ccccc2C(C)=O)cc1. The van der Waals surface area contributed by atoms with Crippen molar-refractivity contribution >= 4 is 29.1 Å². The van der Waals surface area contributed by atoms with Crippen LogP contribution in [-0.4, -0.2) is 36.7 Å². The molecule has 0 radical (unpaired) electrons. The second-order valence-corrected chi connectivity index (χ2v) is 5.68. The number of rotatable bonds is 8. The van der Waals surface area contributed by atoms with Crippen LogP contribution < -0.4 is 10.1 Å². The number of hydrogen-bond acceptors (Lipinski definition) is 6. The van der Waals surface area contributed by atoms with Crippen molar-refractivity contribution in [3.63, 3.8) is 0 Å². The lowest BCUT2D eigenvalue weighted by Gasteiger charge is -2.10. The molecular formula is C20H19NO6. The van der Waals surface area contributed by atoms with Crippen LogP contribution in [0, 0.1) is 0 Å². The van der Waals surface area contributed by atoms with Gasteiger partial charge in [0, 0.05) is 11.1 Å². The summed E-state index contributed by atoms with van der Waals surface area (Å²) < 4.78 is 10.1. The third-order valence-corrected chi connectivity index (χ3v) is 3.56.